The maximum absolute atomic E-state index is 5.88. The van der Waals surface area contributed by atoms with E-state index in [-0.39, 0.29) is 6.04 Å². The molecular formula is C10H12INO. The Morgan fingerprint density at radius 3 is 3.08 bits per heavy atom. The van der Waals surface area contributed by atoms with Crippen molar-refractivity contribution in [3.63, 3.8) is 0 Å². The van der Waals surface area contributed by atoms with Gasteiger partial charge in [0.15, 0.2) is 0 Å². The number of halogens is 1. The summed E-state index contributed by atoms with van der Waals surface area (Å²) in [6.45, 7) is 2.78. The Hall–Kier alpha value is -0.290. The number of hydrogen-bond donors (Lipinski definition) is 1. The third kappa shape index (κ3) is 1.55. The first-order valence-electron chi connectivity index (χ1n) is 4.43. The normalized spacial score (nSPS) is 19.8. The van der Waals surface area contributed by atoms with Crippen molar-refractivity contribution < 1.29 is 4.74 Å². The van der Waals surface area contributed by atoms with Gasteiger partial charge in [-0.25, -0.2) is 0 Å². The molecule has 1 aromatic carbocycles. The van der Waals surface area contributed by atoms with Crippen LogP contribution in [0.25, 0.3) is 0 Å². The molecule has 0 aliphatic carbocycles. The van der Waals surface area contributed by atoms with E-state index >= 15 is 0 Å². The van der Waals surface area contributed by atoms with Gasteiger partial charge in [0.05, 0.1) is 6.04 Å². The third-order valence-corrected chi connectivity index (χ3v) is 3.38. The van der Waals surface area contributed by atoms with Crippen LogP contribution in [-0.2, 0) is 6.42 Å². The van der Waals surface area contributed by atoms with Gasteiger partial charge in [0.2, 0.25) is 0 Å². The molecule has 0 spiro atoms. The Labute approximate surface area is 91.6 Å². The van der Waals surface area contributed by atoms with E-state index in [1.54, 1.807) is 0 Å². The molecule has 3 heteroatoms. The lowest BCUT2D eigenvalue weighted by atomic mass is 10.1. The minimum absolute atomic E-state index is 0.0643. The van der Waals surface area contributed by atoms with Gasteiger partial charge in [-0.05, 0) is 46.7 Å². The van der Waals surface area contributed by atoms with E-state index in [9.17, 15) is 0 Å². The zero-order valence-corrected chi connectivity index (χ0v) is 9.67. The largest absolute Gasteiger partial charge is 0.491 e. The van der Waals surface area contributed by atoms with E-state index in [1.165, 1.54) is 9.13 Å². The number of nitrogens with two attached hydrogens (primary N) is 1. The van der Waals surface area contributed by atoms with Crippen molar-refractivity contribution in [1.82, 2.24) is 0 Å². The Morgan fingerprint density at radius 1 is 1.62 bits per heavy atom. The van der Waals surface area contributed by atoms with Crippen molar-refractivity contribution in [3.05, 3.63) is 26.8 Å². The van der Waals surface area contributed by atoms with Crippen LogP contribution < -0.4 is 10.5 Å². The van der Waals surface area contributed by atoms with Crippen molar-refractivity contribution in [2.75, 3.05) is 6.61 Å². The van der Waals surface area contributed by atoms with E-state index in [1.807, 2.05) is 0 Å². The topological polar surface area (TPSA) is 35.2 Å². The molecule has 0 amide bonds. The van der Waals surface area contributed by atoms with Crippen LogP contribution in [0.3, 0.4) is 0 Å². The molecule has 1 aliphatic heterocycles. The van der Waals surface area contributed by atoms with Crippen LogP contribution in [0.15, 0.2) is 12.1 Å². The van der Waals surface area contributed by atoms with E-state index < -0.39 is 0 Å². The fraction of sp³-hybridized carbons (Fsp3) is 0.400. The van der Waals surface area contributed by atoms with Crippen molar-refractivity contribution in [1.29, 1.82) is 0 Å². The highest BCUT2D eigenvalue weighted by atomic mass is 127. The SMILES string of the molecule is CCc1cc2c(cc1I)C(N)CO2. The number of rotatable bonds is 1. The predicted octanol–water partition coefficient (Wildman–Crippen LogP) is 2.25. The summed E-state index contributed by atoms with van der Waals surface area (Å²) in [5, 5.41) is 0. The lowest BCUT2D eigenvalue weighted by Crippen LogP contribution is -2.10. The predicted molar refractivity (Wildman–Crippen MR) is 61.0 cm³/mol. The van der Waals surface area contributed by atoms with Crippen LogP contribution in [0.1, 0.15) is 24.1 Å². The lowest BCUT2D eigenvalue weighted by Gasteiger charge is -2.05. The second-order valence-corrected chi connectivity index (χ2v) is 4.41. The second-order valence-electron chi connectivity index (χ2n) is 3.25. The van der Waals surface area contributed by atoms with Gasteiger partial charge in [-0.1, -0.05) is 6.92 Å². The van der Waals surface area contributed by atoms with Gasteiger partial charge in [0, 0.05) is 9.13 Å². The molecule has 13 heavy (non-hydrogen) atoms. The first kappa shape index (κ1) is 9.27. The summed E-state index contributed by atoms with van der Waals surface area (Å²) in [6, 6.07) is 4.32. The van der Waals surface area contributed by atoms with Gasteiger partial charge in [0.25, 0.3) is 0 Å². The first-order chi connectivity index (χ1) is 6.22. The van der Waals surface area contributed by atoms with E-state index in [4.69, 9.17) is 10.5 Å². The summed E-state index contributed by atoms with van der Waals surface area (Å²) in [5.74, 6) is 0.977. The first-order valence-corrected chi connectivity index (χ1v) is 5.51. The summed E-state index contributed by atoms with van der Waals surface area (Å²) in [6.07, 6.45) is 1.05. The standard InChI is InChI=1S/C10H12INO/c1-2-6-3-10-7(4-8(6)11)9(12)5-13-10/h3-4,9H,2,5,12H2,1H3. The highest BCUT2D eigenvalue weighted by Crippen LogP contribution is 2.34. The summed E-state index contributed by atoms with van der Waals surface area (Å²) < 4.78 is 6.77. The molecule has 0 saturated carbocycles. The molecule has 70 valence electrons. The zero-order chi connectivity index (χ0) is 9.42. The van der Waals surface area contributed by atoms with E-state index in [0.717, 1.165) is 17.7 Å². The summed E-state index contributed by atoms with van der Waals surface area (Å²) >= 11 is 2.35. The molecule has 1 atom stereocenters. The summed E-state index contributed by atoms with van der Waals surface area (Å²) in [4.78, 5) is 0. The van der Waals surface area contributed by atoms with Gasteiger partial charge in [-0.3, -0.25) is 0 Å². The molecule has 1 unspecified atom stereocenters. The molecule has 0 saturated heterocycles. The number of hydrogen-bond acceptors (Lipinski definition) is 2. The summed E-state index contributed by atoms with van der Waals surface area (Å²) in [7, 11) is 0. The van der Waals surface area contributed by atoms with Crippen molar-refractivity contribution in [2.45, 2.75) is 19.4 Å². The molecule has 0 bridgehead atoms. The highest BCUT2D eigenvalue weighted by Gasteiger charge is 2.21. The fourth-order valence-corrected chi connectivity index (χ4v) is 2.44. The fourth-order valence-electron chi connectivity index (χ4n) is 1.57. The minimum Gasteiger partial charge on any atom is -0.491 e. The Kier molecular flexibility index (Phi) is 2.47. The van der Waals surface area contributed by atoms with Crippen molar-refractivity contribution in [3.8, 4) is 5.75 Å². The number of aryl methyl sites for hydroxylation is 1. The third-order valence-electron chi connectivity index (χ3n) is 2.38. The highest BCUT2D eigenvalue weighted by molar-refractivity contribution is 14.1. The maximum atomic E-state index is 5.88. The van der Waals surface area contributed by atoms with Gasteiger partial charge in [0.1, 0.15) is 12.4 Å². The van der Waals surface area contributed by atoms with Gasteiger partial charge >= 0.3 is 0 Å². The molecular weight excluding hydrogens is 277 g/mol. The van der Waals surface area contributed by atoms with Gasteiger partial charge in [-0.2, -0.15) is 0 Å². The van der Waals surface area contributed by atoms with E-state index in [0.29, 0.717) is 6.61 Å². The van der Waals surface area contributed by atoms with E-state index in [2.05, 4.69) is 41.6 Å². The van der Waals surface area contributed by atoms with Crippen molar-refractivity contribution in [2.24, 2.45) is 5.73 Å². The Bertz CT molecular complexity index is 338. The quantitative estimate of drug-likeness (QED) is 0.805. The minimum atomic E-state index is 0.0643. The summed E-state index contributed by atoms with van der Waals surface area (Å²) in [5.41, 5.74) is 8.37. The van der Waals surface area contributed by atoms with Crippen LogP contribution in [0.4, 0.5) is 0 Å². The Balaban J connectivity index is 2.50. The molecule has 0 aromatic heterocycles. The maximum Gasteiger partial charge on any atom is 0.124 e. The Morgan fingerprint density at radius 2 is 2.38 bits per heavy atom. The van der Waals surface area contributed by atoms with Crippen LogP contribution in [0.2, 0.25) is 0 Å². The monoisotopic (exact) mass is 289 g/mol. The van der Waals surface area contributed by atoms with Gasteiger partial charge in [-0.15, -0.1) is 0 Å². The lowest BCUT2D eigenvalue weighted by molar-refractivity contribution is 0.333. The molecule has 0 radical (unpaired) electrons. The van der Waals surface area contributed by atoms with Crippen LogP contribution in [0.5, 0.6) is 5.75 Å². The number of ether oxygens (including phenoxy) is 1. The molecule has 2 nitrogen and oxygen atoms in total. The zero-order valence-electron chi connectivity index (χ0n) is 7.51. The molecule has 1 heterocycles. The van der Waals surface area contributed by atoms with Crippen LogP contribution in [0, 0.1) is 3.57 Å². The second kappa shape index (κ2) is 3.46. The average Bonchev–Trinajstić information content (AvgIpc) is 2.47. The molecule has 0 fully saturated rings. The van der Waals surface area contributed by atoms with Gasteiger partial charge < -0.3 is 10.5 Å². The van der Waals surface area contributed by atoms with Crippen molar-refractivity contribution >= 4 is 22.6 Å². The van der Waals surface area contributed by atoms with Crippen LogP contribution >= 0.6 is 22.6 Å². The number of benzene rings is 1. The molecule has 2 rings (SSSR count). The molecule has 1 aromatic rings. The molecule has 2 N–H and O–H groups in total. The molecule has 1 aliphatic rings. The van der Waals surface area contributed by atoms with Crippen LogP contribution in [-0.4, -0.2) is 6.61 Å². The smallest absolute Gasteiger partial charge is 0.124 e. The average molecular weight is 289 g/mol. The number of fused-ring (bicyclic) bond motifs is 1.